The largest absolute Gasteiger partial charge is 0.496 e. The summed E-state index contributed by atoms with van der Waals surface area (Å²) in [4.78, 5) is 16.5. The van der Waals surface area contributed by atoms with Crippen LogP contribution in [0, 0.1) is 6.92 Å². The van der Waals surface area contributed by atoms with Gasteiger partial charge in [0, 0.05) is 37.8 Å². The van der Waals surface area contributed by atoms with Crippen molar-refractivity contribution in [3.8, 4) is 5.75 Å². The molecule has 0 spiro atoms. The van der Waals surface area contributed by atoms with Crippen molar-refractivity contribution in [1.29, 1.82) is 0 Å². The highest BCUT2D eigenvalue weighted by atomic mass is 16.5. The van der Waals surface area contributed by atoms with Crippen molar-refractivity contribution < 1.29 is 9.53 Å². The maximum Gasteiger partial charge on any atom is 0.246 e. The molecule has 1 aromatic rings. The van der Waals surface area contributed by atoms with Gasteiger partial charge in [-0.3, -0.25) is 4.79 Å². The molecular formula is C17H24N2O2. The van der Waals surface area contributed by atoms with Gasteiger partial charge in [0.25, 0.3) is 0 Å². The van der Waals surface area contributed by atoms with Gasteiger partial charge in [-0.2, -0.15) is 0 Å². The number of benzene rings is 1. The molecule has 4 heteroatoms. The highest BCUT2D eigenvalue weighted by Gasteiger charge is 2.18. The average Bonchev–Trinajstić information content (AvgIpc) is 2.52. The molecule has 0 aromatic heterocycles. The first kappa shape index (κ1) is 15.6. The van der Waals surface area contributed by atoms with Crippen molar-refractivity contribution in [3.05, 3.63) is 35.4 Å². The van der Waals surface area contributed by atoms with Crippen LogP contribution in [0.5, 0.6) is 5.75 Å². The van der Waals surface area contributed by atoms with E-state index in [-0.39, 0.29) is 5.91 Å². The van der Waals surface area contributed by atoms with Crippen LogP contribution in [0.4, 0.5) is 0 Å². The van der Waals surface area contributed by atoms with E-state index in [1.165, 1.54) is 0 Å². The lowest BCUT2D eigenvalue weighted by atomic mass is 10.1. The molecule has 1 fully saturated rings. The van der Waals surface area contributed by atoms with Gasteiger partial charge in [0.1, 0.15) is 5.75 Å². The second-order valence-corrected chi connectivity index (χ2v) is 5.34. The molecule has 21 heavy (non-hydrogen) atoms. The van der Waals surface area contributed by atoms with Crippen molar-refractivity contribution in [1.82, 2.24) is 9.80 Å². The zero-order chi connectivity index (χ0) is 15.2. The number of ether oxygens (including phenoxy) is 1. The molecule has 0 saturated carbocycles. The Hall–Kier alpha value is -1.81. The first-order valence-corrected chi connectivity index (χ1v) is 7.48. The number of rotatable bonds is 4. The van der Waals surface area contributed by atoms with Crippen LogP contribution in [0.3, 0.4) is 0 Å². The number of hydrogen-bond donors (Lipinski definition) is 0. The van der Waals surface area contributed by atoms with Crippen molar-refractivity contribution in [2.24, 2.45) is 0 Å². The summed E-state index contributed by atoms with van der Waals surface area (Å²) in [5, 5.41) is 0. The van der Waals surface area contributed by atoms with E-state index in [0.717, 1.165) is 49.6 Å². The van der Waals surface area contributed by atoms with Crippen LogP contribution in [0.15, 0.2) is 24.3 Å². The first-order valence-electron chi connectivity index (χ1n) is 7.48. The zero-order valence-electron chi connectivity index (χ0n) is 13.1. The zero-order valence-corrected chi connectivity index (χ0v) is 13.1. The molecule has 0 atom stereocenters. The van der Waals surface area contributed by atoms with Crippen molar-refractivity contribution in [2.75, 3.05) is 39.8 Å². The van der Waals surface area contributed by atoms with Crippen molar-refractivity contribution >= 4 is 12.0 Å². The Morgan fingerprint density at radius 3 is 2.62 bits per heavy atom. The highest BCUT2D eigenvalue weighted by molar-refractivity contribution is 5.92. The Bertz CT molecular complexity index is 518. The third kappa shape index (κ3) is 4.08. The Morgan fingerprint density at radius 2 is 2.00 bits per heavy atom. The molecule has 1 amide bonds. The van der Waals surface area contributed by atoms with Crippen LogP contribution in [0.25, 0.3) is 6.08 Å². The third-order valence-corrected chi connectivity index (χ3v) is 3.92. The molecule has 2 rings (SSSR count). The minimum Gasteiger partial charge on any atom is -0.496 e. The summed E-state index contributed by atoms with van der Waals surface area (Å²) in [5.74, 6) is 0.870. The fourth-order valence-corrected chi connectivity index (χ4v) is 2.53. The molecule has 1 aromatic carbocycles. The summed E-state index contributed by atoms with van der Waals surface area (Å²) >= 11 is 0. The van der Waals surface area contributed by atoms with Crippen LogP contribution in [0.2, 0.25) is 0 Å². The van der Waals surface area contributed by atoms with Gasteiger partial charge < -0.3 is 14.5 Å². The molecule has 0 radical (unpaired) electrons. The smallest absolute Gasteiger partial charge is 0.246 e. The predicted molar refractivity (Wildman–Crippen MR) is 85.5 cm³/mol. The van der Waals surface area contributed by atoms with Crippen molar-refractivity contribution in [2.45, 2.75) is 13.8 Å². The standard InChI is InChI=1S/C17H24N2O2/c1-4-18-9-11-19(12-10-18)17(20)8-6-15-13-14(2)5-7-16(15)21-3/h5-8,13H,4,9-12H2,1-3H3/b8-6+. The number of carbonyl (C=O) groups excluding carboxylic acids is 1. The molecule has 1 aliphatic heterocycles. The number of nitrogens with zero attached hydrogens (tertiary/aromatic N) is 2. The Labute approximate surface area is 127 Å². The maximum atomic E-state index is 12.2. The predicted octanol–water partition coefficient (Wildman–Crippen LogP) is 2.18. The summed E-state index contributed by atoms with van der Waals surface area (Å²) in [5.41, 5.74) is 2.09. The molecule has 0 N–H and O–H groups in total. The van der Waals surface area contributed by atoms with E-state index in [4.69, 9.17) is 4.74 Å². The van der Waals surface area contributed by atoms with Crippen LogP contribution < -0.4 is 4.74 Å². The molecule has 0 unspecified atom stereocenters. The van der Waals surface area contributed by atoms with E-state index in [2.05, 4.69) is 11.8 Å². The molecule has 1 heterocycles. The van der Waals surface area contributed by atoms with Crippen LogP contribution in [0.1, 0.15) is 18.1 Å². The fourth-order valence-electron chi connectivity index (χ4n) is 2.53. The van der Waals surface area contributed by atoms with Gasteiger partial charge in [0.2, 0.25) is 5.91 Å². The molecular weight excluding hydrogens is 264 g/mol. The van der Waals surface area contributed by atoms with Crippen LogP contribution in [-0.2, 0) is 4.79 Å². The maximum absolute atomic E-state index is 12.2. The van der Waals surface area contributed by atoms with Crippen molar-refractivity contribution in [3.63, 3.8) is 0 Å². The quantitative estimate of drug-likeness (QED) is 0.796. The minimum atomic E-state index is 0.0781. The molecule has 4 nitrogen and oxygen atoms in total. The summed E-state index contributed by atoms with van der Waals surface area (Å²) in [7, 11) is 1.65. The Morgan fingerprint density at radius 1 is 1.29 bits per heavy atom. The Kier molecular flexibility index (Phi) is 5.39. The first-order chi connectivity index (χ1) is 10.1. The number of likely N-dealkylation sites (N-methyl/N-ethyl adjacent to an activating group) is 1. The number of hydrogen-bond acceptors (Lipinski definition) is 3. The lowest BCUT2D eigenvalue weighted by Gasteiger charge is -2.33. The normalized spacial score (nSPS) is 16.4. The lowest BCUT2D eigenvalue weighted by Crippen LogP contribution is -2.48. The van der Waals surface area contributed by atoms with Gasteiger partial charge >= 0.3 is 0 Å². The minimum absolute atomic E-state index is 0.0781. The van der Waals surface area contributed by atoms with Gasteiger partial charge in [-0.15, -0.1) is 0 Å². The second kappa shape index (κ2) is 7.27. The highest BCUT2D eigenvalue weighted by Crippen LogP contribution is 2.21. The second-order valence-electron chi connectivity index (χ2n) is 5.34. The number of methoxy groups -OCH3 is 1. The summed E-state index contributed by atoms with van der Waals surface area (Å²) in [6, 6.07) is 5.96. The SMILES string of the molecule is CCN1CCN(C(=O)/C=C/c2cc(C)ccc2OC)CC1. The fraction of sp³-hybridized carbons (Fsp3) is 0.471. The molecule has 114 valence electrons. The number of amides is 1. The van der Waals surface area contributed by atoms with Crippen LogP contribution in [-0.4, -0.2) is 55.5 Å². The number of piperazine rings is 1. The summed E-state index contributed by atoms with van der Waals surface area (Å²) < 4.78 is 5.32. The topological polar surface area (TPSA) is 32.8 Å². The van der Waals surface area contributed by atoms with Gasteiger partial charge in [-0.1, -0.05) is 18.6 Å². The third-order valence-electron chi connectivity index (χ3n) is 3.92. The van der Waals surface area contributed by atoms with E-state index in [1.807, 2.05) is 36.1 Å². The molecule has 0 aliphatic carbocycles. The van der Waals surface area contributed by atoms with Gasteiger partial charge in [-0.25, -0.2) is 0 Å². The average molecular weight is 288 g/mol. The van der Waals surface area contributed by atoms with Gasteiger partial charge in [0.05, 0.1) is 7.11 Å². The monoisotopic (exact) mass is 288 g/mol. The number of aryl methyl sites for hydroxylation is 1. The van der Waals surface area contributed by atoms with E-state index in [1.54, 1.807) is 13.2 Å². The lowest BCUT2D eigenvalue weighted by molar-refractivity contribution is -0.127. The molecule has 0 bridgehead atoms. The van der Waals surface area contributed by atoms with Gasteiger partial charge in [-0.05, 0) is 31.7 Å². The van der Waals surface area contributed by atoms with E-state index < -0.39 is 0 Å². The van der Waals surface area contributed by atoms with Gasteiger partial charge in [0.15, 0.2) is 0 Å². The van der Waals surface area contributed by atoms with Crippen LogP contribution >= 0.6 is 0 Å². The number of carbonyl (C=O) groups is 1. The van der Waals surface area contributed by atoms with E-state index in [9.17, 15) is 4.79 Å². The summed E-state index contributed by atoms with van der Waals surface area (Å²) in [6.45, 7) is 8.78. The van der Waals surface area contributed by atoms with E-state index in [0.29, 0.717) is 0 Å². The van der Waals surface area contributed by atoms with E-state index >= 15 is 0 Å². The Balaban J connectivity index is 2.01. The molecule has 1 aliphatic rings. The summed E-state index contributed by atoms with van der Waals surface area (Å²) in [6.07, 6.45) is 3.50. The molecule has 1 saturated heterocycles.